The van der Waals surface area contributed by atoms with E-state index in [1.807, 2.05) is 12.3 Å². The smallest absolute Gasteiger partial charge is 0.145 e. The van der Waals surface area contributed by atoms with Crippen molar-refractivity contribution >= 4 is 21.9 Å². The van der Waals surface area contributed by atoms with Gasteiger partial charge >= 0.3 is 0 Å². The fourth-order valence-corrected chi connectivity index (χ4v) is 5.06. The molecule has 6 rings (SSSR count). The molecule has 0 N–H and O–H groups in total. The second kappa shape index (κ2) is 6.58. The molecule has 0 fully saturated rings. The molecule has 0 saturated heterocycles. The zero-order valence-corrected chi connectivity index (χ0v) is 18.4. The van der Waals surface area contributed by atoms with Gasteiger partial charge in [-0.25, -0.2) is 4.98 Å². The lowest BCUT2D eigenvalue weighted by molar-refractivity contribution is 0.656. The first-order valence-corrected chi connectivity index (χ1v) is 11.2. The van der Waals surface area contributed by atoms with Gasteiger partial charge in [-0.2, -0.15) is 0 Å². The van der Waals surface area contributed by atoms with E-state index in [-0.39, 0.29) is 0 Å². The lowest BCUT2D eigenvalue weighted by atomic mass is 9.84. The van der Waals surface area contributed by atoms with Crippen molar-refractivity contribution in [3.63, 3.8) is 0 Å². The number of hydrogen-bond acceptors (Lipinski definition) is 2. The minimum Gasteiger partial charge on any atom is -0.456 e. The third-order valence-electron chi connectivity index (χ3n) is 6.65. The van der Waals surface area contributed by atoms with E-state index in [4.69, 9.17) is 9.40 Å². The zero-order valence-electron chi connectivity index (χ0n) is 18.4. The summed E-state index contributed by atoms with van der Waals surface area (Å²) < 4.78 is 8.76. The van der Waals surface area contributed by atoms with E-state index >= 15 is 0 Å². The molecule has 0 aliphatic heterocycles. The van der Waals surface area contributed by atoms with Crippen molar-refractivity contribution in [3.05, 3.63) is 83.2 Å². The van der Waals surface area contributed by atoms with E-state index in [1.54, 1.807) is 0 Å². The molecule has 0 radical (unpaired) electrons. The Kier molecular flexibility index (Phi) is 3.92. The molecule has 31 heavy (non-hydrogen) atoms. The highest BCUT2D eigenvalue weighted by atomic mass is 16.3. The van der Waals surface area contributed by atoms with Crippen molar-refractivity contribution in [2.24, 2.45) is 0 Å². The van der Waals surface area contributed by atoms with Crippen molar-refractivity contribution in [1.82, 2.24) is 9.55 Å². The lowest BCUT2D eigenvalue weighted by Gasteiger charge is -2.25. The van der Waals surface area contributed by atoms with Crippen LogP contribution in [-0.4, -0.2) is 9.55 Å². The quantitative estimate of drug-likeness (QED) is 0.302. The third-order valence-corrected chi connectivity index (χ3v) is 6.65. The Bertz CT molecular complexity index is 1450. The van der Waals surface area contributed by atoms with Crippen molar-refractivity contribution in [2.45, 2.75) is 46.0 Å². The number of nitrogens with zero attached hydrogens (tertiary/aromatic N) is 2. The van der Waals surface area contributed by atoms with Crippen LogP contribution in [-0.2, 0) is 6.42 Å². The summed E-state index contributed by atoms with van der Waals surface area (Å²) in [5.41, 5.74) is 9.80. The zero-order chi connectivity index (χ0) is 21.3. The van der Waals surface area contributed by atoms with Gasteiger partial charge in [0, 0.05) is 23.3 Å². The fourth-order valence-electron chi connectivity index (χ4n) is 5.06. The molecule has 1 aliphatic rings. The van der Waals surface area contributed by atoms with E-state index in [2.05, 4.69) is 80.9 Å². The van der Waals surface area contributed by atoms with Crippen LogP contribution >= 0.6 is 0 Å². The summed E-state index contributed by atoms with van der Waals surface area (Å²) in [7, 11) is 0. The average Bonchev–Trinajstić information content (AvgIpc) is 3.37. The van der Waals surface area contributed by atoms with Crippen LogP contribution in [0.4, 0.5) is 0 Å². The molecule has 0 amide bonds. The molecule has 3 nitrogen and oxygen atoms in total. The molecule has 0 spiro atoms. The summed E-state index contributed by atoms with van der Waals surface area (Å²) in [4.78, 5) is 4.83. The summed E-state index contributed by atoms with van der Waals surface area (Å²) in [5, 5.41) is 2.37. The topological polar surface area (TPSA) is 31.0 Å². The van der Waals surface area contributed by atoms with Crippen LogP contribution in [0.15, 0.2) is 65.3 Å². The Balaban J connectivity index is 1.76. The van der Waals surface area contributed by atoms with Gasteiger partial charge in [-0.15, -0.1) is 0 Å². The lowest BCUT2D eigenvalue weighted by Crippen LogP contribution is -2.12. The Hall–Kier alpha value is -3.33. The van der Waals surface area contributed by atoms with Crippen LogP contribution in [0.25, 0.3) is 39.0 Å². The van der Waals surface area contributed by atoms with Crippen LogP contribution in [0, 0.1) is 0 Å². The standard InChI is InChI=1S/C28H26N2O/c1-16(2)21-15-22(17(3)4)27-25(20-10-5-6-11-23(20)31-27)26(21)30-13-12-29-28(30)24-18-8-7-9-19(24)14-18/h5-13,15-17H,14H2,1-4H3. The Morgan fingerprint density at radius 3 is 2.35 bits per heavy atom. The summed E-state index contributed by atoms with van der Waals surface area (Å²) >= 11 is 0. The predicted molar refractivity (Wildman–Crippen MR) is 127 cm³/mol. The predicted octanol–water partition coefficient (Wildman–Crippen LogP) is 7.59. The highest BCUT2D eigenvalue weighted by molar-refractivity contribution is 6.11. The Morgan fingerprint density at radius 2 is 1.65 bits per heavy atom. The van der Waals surface area contributed by atoms with Gasteiger partial charge in [0.05, 0.1) is 11.1 Å². The minimum atomic E-state index is 0.374. The van der Waals surface area contributed by atoms with Gasteiger partial charge in [0.15, 0.2) is 0 Å². The molecule has 154 valence electrons. The summed E-state index contributed by atoms with van der Waals surface area (Å²) in [5.74, 6) is 1.78. The second-order valence-corrected chi connectivity index (χ2v) is 9.26. The Labute approximate surface area is 182 Å². The molecule has 0 unspecified atom stereocenters. The van der Waals surface area contributed by atoms with Gasteiger partial charge in [0.25, 0.3) is 0 Å². The van der Waals surface area contributed by atoms with Crippen molar-refractivity contribution in [1.29, 1.82) is 0 Å². The number of furan rings is 1. The number of imidazole rings is 1. The van der Waals surface area contributed by atoms with E-state index in [1.165, 1.54) is 44.3 Å². The third kappa shape index (κ3) is 2.56. The van der Waals surface area contributed by atoms with E-state index < -0.39 is 0 Å². The SMILES string of the molecule is CC(C)c1cc(C(C)C)c2oc3ccccc3c2c1-n1ccnc1C1=C2C=CC=C1C2. The molecule has 3 aromatic carbocycles. The largest absolute Gasteiger partial charge is 0.456 e. The van der Waals surface area contributed by atoms with Crippen molar-refractivity contribution < 1.29 is 4.42 Å². The van der Waals surface area contributed by atoms with Crippen LogP contribution in [0.2, 0.25) is 0 Å². The highest BCUT2D eigenvalue weighted by Crippen LogP contribution is 2.44. The number of para-hydroxylation sites is 1. The summed E-state index contributed by atoms with van der Waals surface area (Å²) in [6.07, 6.45) is 5.08. The maximum atomic E-state index is 6.47. The minimum absolute atomic E-state index is 0.374. The van der Waals surface area contributed by atoms with Gasteiger partial charge < -0.3 is 4.42 Å². The Morgan fingerprint density at radius 1 is 0.903 bits per heavy atom. The van der Waals surface area contributed by atoms with Crippen LogP contribution in [0.3, 0.4) is 0 Å². The van der Waals surface area contributed by atoms with Crippen LogP contribution in [0.5, 0.6) is 0 Å². The van der Waals surface area contributed by atoms with E-state index in [9.17, 15) is 0 Å². The van der Waals surface area contributed by atoms with Crippen LogP contribution in [0.1, 0.15) is 61.8 Å². The summed E-state index contributed by atoms with van der Waals surface area (Å²) in [6.45, 7) is 9.04. The van der Waals surface area contributed by atoms with Crippen molar-refractivity contribution in [2.75, 3.05) is 0 Å². The number of hydrogen-bond donors (Lipinski definition) is 0. The molecule has 5 aromatic rings. The molecule has 3 heteroatoms. The van der Waals surface area contributed by atoms with Gasteiger partial charge in [0.1, 0.15) is 17.0 Å². The molecular weight excluding hydrogens is 380 g/mol. The highest BCUT2D eigenvalue weighted by Gasteiger charge is 2.27. The number of aromatic nitrogens is 2. The van der Waals surface area contributed by atoms with Gasteiger partial charge in [0.2, 0.25) is 0 Å². The van der Waals surface area contributed by atoms with E-state index in [0.717, 1.165) is 23.4 Å². The second-order valence-electron chi connectivity index (χ2n) is 9.26. The normalized spacial score (nSPS) is 13.0. The van der Waals surface area contributed by atoms with Crippen molar-refractivity contribution in [3.8, 4) is 17.1 Å². The maximum Gasteiger partial charge on any atom is 0.145 e. The first kappa shape index (κ1) is 18.4. The molecule has 2 heterocycles. The number of rotatable bonds is 4. The first-order chi connectivity index (χ1) is 15.0. The molecule has 0 atom stereocenters. The molecule has 1 aliphatic carbocycles. The number of fused-ring (bicyclic) bond motifs is 5. The first-order valence-electron chi connectivity index (χ1n) is 11.2. The molecule has 2 bridgehead atoms. The fraction of sp³-hybridized carbons (Fsp3) is 0.250. The monoisotopic (exact) mass is 406 g/mol. The molecular formula is C28H26N2O. The summed E-state index contributed by atoms with van der Waals surface area (Å²) in [6, 6.07) is 17.3. The maximum absolute atomic E-state index is 6.47. The van der Waals surface area contributed by atoms with E-state index in [0.29, 0.717) is 11.8 Å². The molecule has 2 aromatic heterocycles. The molecule has 0 saturated carbocycles. The van der Waals surface area contributed by atoms with Gasteiger partial charge in [-0.3, -0.25) is 4.57 Å². The number of benzene rings is 3. The van der Waals surface area contributed by atoms with Gasteiger partial charge in [-0.1, -0.05) is 64.1 Å². The van der Waals surface area contributed by atoms with Gasteiger partial charge in [-0.05, 0) is 52.6 Å². The van der Waals surface area contributed by atoms with Crippen LogP contribution < -0.4 is 0 Å². The average molecular weight is 407 g/mol.